The van der Waals surface area contributed by atoms with Gasteiger partial charge in [-0.1, -0.05) is 11.6 Å². The number of hydrogen-bond donors (Lipinski definition) is 0. The van der Waals surface area contributed by atoms with Crippen molar-refractivity contribution < 1.29 is 19.0 Å². The molecular formula is C11H13ClO4. The molecule has 88 valence electrons. The molecular weight excluding hydrogens is 232 g/mol. The monoisotopic (exact) mass is 244 g/mol. The van der Waals surface area contributed by atoms with Crippen LogP contribution in [0, 0.1) is 0 Å². The number of hydrogen-bond acceptors (Lipinski definition) is 4. The van der Waals surface area contributed by atoms with E-state index in [1.54, 1.807) is 13.2 Å². The van der Waals surface area contributed by atoms with Gasteiger partial charge in [0.15, 0.2) is 17.8 Å². The van der Waals surface area contributed by atoms with Crippen LogP contribution in [0.25, 0.3) is 0 Å². The van der Waals surface area contributed by atoms with Crippen LogP contribution in [-0.4, -0.2) is 33.7 Å². The van der Waals surface area contributed by atoms with Crippen molar-refractivity contribution >= 4 is 17.9 Å². The van der Waals surface area contributed by atoms with Crippen LogP contribution in [0.15, 0.2) is 12.1 Å². The molecule has 0 aliphatic heterocycles. The summed E-state index contributed by atoms with van der Waals surface area (Å²) in [6, 6.07) is 3.12. The third kappa shape index (κ3) is 3.12. The van der Waals surface area contributed by atoms with E-state index in [4.69, 9.17) is 25.8 Å². The number of aldehydes is 1. The molecule has 4 nitrogen and oxygen atoms in total. The van der Waals surface area contributed by atoms with Gasteiger partial charge in [-0.3, -0.25) is 4.79 Å². The fourth-order valence-electron chi connectivity index (χ4n) is 1.21. The highest BCUT2D eigenvalue weighted by Crippen LogP contribution is 2.33. The van der Waals surface area contributed by atoms with Crippen LogP contribution in [0.1, 0.15) is 10.4 Å². The maximum absolute atomic E-state index is 10.9. The Kier molecular flexibility index (Phi) is 5.08. The molecule has 1 rings (SSSR count). The molecule has 0 atom stereocenters. The van der Waals surface area contributed by atoms with Crippen molar-refractivity contribution in [3.63, 3.8) is 0 Å². The van der Waals surface area contributed by atoms with Crippen molar-refractivity contribution in [2.45, 2.75) is 0 Å². The maximum atomic E-state index is 10.9. The molecule has 5 heteroatoms. The van der Waals surface area contributed by atoms with Crippen molar-refractivity contribution in [1.82, 2.24) is 0 Å². The van der Waals surface area contributed by atoms with Gasteiger partial charge in [-0.15, -0.1) is 0 Å². The van der Waals surface area contributed by atoms with Crippen LogP contribution < -0.4 is 9.47 Å². The molecule has 1 aromatic rings. The van der Waals surface area contributed by atoms with E-state index in [9.17, 15) is 4.79 Å². The molecule has 0 amide bonds. The standard InChI is InChI=1S/C11H13ClO4/c1-14-3-4-16-11-8(7-13)5-9(12)6-10(11)15-2/h5-7H,3-4H2,1-2H3. The van der Waals surface area contributed by atoms with Gasteiger partial charge in [0.1, 0.15) is 6.61 Å². The van der Waals surface area contributed by atoms with Gasteiger partial charge in [0.2, 0.25) is 0 Å². The zero-order valence-corrected chi connectivity index (χ0v) is 9.91. The summed E-state index contributed by atoms with van der Waals surface area (Å²) in [4.78, 5) is 10.9. The van der Waals surface area contributed by atoms with Crippen LogP contribution in [0.3, 0.4) is 0 Å². The lowest BCUT2D eigenvalue weighted by atomic mass is 10.2. The average Bonchev–Trinajstić information content (AvgIpc) is 2.30. The second kappa shape index (κ2) is 6.35. The first kappa shape index (κ1) is 12.8. The minimum Gasteiger partial charge on any atom is -0.493 e. The van der Waals surface area contributed by atoms with E-state index >= 15 is 0 Å². The summed E-state index contributed by atoms with van der Waals surface area (Å²) in [5.41, 5.74) is 0.362. The van der Waals surface area contributed by atoms with Crippen molar-refractivity contribution in [2.24, 2.45) is 0 Å². The van der Waals surface area contributed by atoms with Crippen molar-refractivity contribution in [1.29, 1.82) is 0 Å². The van der Waals surface area contributed by atoms with E-state index in [1.165, 1.54) is 13.2 Å². The molecule has 0 unspecified atom stereocenters. The SMILES string of the molecule is COCCOc1c(C=O)cc(Cl)cc1OC. The highest BCUT2D eigenvalue weighted by molar-refractivity contribution is 6.31. The summed E-state index contributed by atoms with van der Waals surface area (Å²) in [7, 11) is 3.06. The van der Waals surface area contributed by atoms with Crippen LogP contribution in [-0.2, 0) is 4.74 Å². The summed E-state index contributed by atoms with van der Waals surface area (Å²) in [6.45, 7) is 0.777. The molecule has 0 bridgehead atoms. The van der Waals surface area contributed by atoms with E-state index in [0.717, 1.165) is 0 Å². The molecule has 0 radical (unpaired) electrons. The van der Waals surface area contributed by atoms with Crippen molar-refractivity contribution in [3.8, 4) is 11.5 Å². The van der Waals surface area contributed by atoms with Gasteiger partial charge in [0, 0.05) is 18.2 Å². The molecule has 0 saturated heterocycles. The number of halogens is 1. The zero-order chi connectivity index (χ0) is 12.0. The van der Waals surface area contributed by atoms with Gasteiger partial charge in [-0.05, 0) is 6.07 Å². The molecule has 0 fully saturated rings. The first-order valence-electron chi connectivity index (χ1n) is 4.67. The zero-order valence-electron chi connectivity index (χ0n) is 9.16. The van der Waals surface area contributed by atoms with Gasteiger partial charge >= 0.3 is 0 Å². The fourth-order valence-corrected chi connectivity index (χ4v) is 1.43. The first-order chi connectivity index (χ1) is 7.72. The van der Waals surface area contributed by atoms with Crippen LogP contribution in [0.2, 0.25) is 5.02 Å². The Bertz CT molecular complexity index is 365. The molecule has 0 saturated carbocycles. The lowest BCUT2D eigenvalue weighted by Crippen LogP contribution is -2.07. The average molecular weight is 245 g/mol. The summed E-state index contributed by atoms with van der Waals surface area (Å²) in [5, 5.41) is 0.429. The number of carbonyl (C=O) groups excluding carboxylic acids is 1. The minimum atomic E-state index is 0.343. The minimum absolute atomic E-state index is 0.343. The second-order valence-corrected chi connectivity index (χ2v) is 3.42. The topological polar surface area (TPSA) is 44.8 Å². The Labute approximate surface area is 99.1 Å². The van der Waals surface area contributed by atoms with Gasteiger partial charge in [0.25, 0.3) is 0 Å². The normalized spacial score (nSPS) is 9.94. The van der Waals surface area contributed by atoms with Gasteiger partial charge in [-0.25, -0.2) is 0 Å². The van der Waals surface area contributed by atoms with E-state index < -0.39 is 0 Å². The van der Waals surface area contributed by atoms with E-state index in [0.29, 0.717) is 41.6 Å². The molecule has 16 heavy (non-hydrogen) atoms. The number of benzene rings is 1. The molecule has 0 spiro atoms. The number of rotatable bonds is 6. The molecule has 0 N–H and O–H groups in total. The predicted octanol–water partition coefficient (Wildman–Crippen LogP) is 2.19. The fraction of sp³-hybridized carbons (Fsp3) is 0.364. The Balaban J connectivity index is 2.97. The summed E-state index contributed by atoms with van der Waals surface area (Å²) >= 11 is 5.82. The quantitative estimate of drug-likeness (QED) is 0.568. The molecule has 0 heterocycles. The molecule has 0 aliphatic carbocycles. The summed E-state index contributed by atoms with van der Waals surface area (Å²) in [6.07, 6.45) is 0.677. The lowest BCUT2D eigenvalue weighted by Gasteiger charge is -2.12. The highest BCUT2D eigenvalue weighted by atomic mass is 35.5. The van der Waals surface area contributed by atoms with E-state index in [-0.39, 0.29) is 0 Å². The maximum Gasteiger partial charge on any atom is 0.171 e. The second-order valence-electron chi connectivity index (χ2n) is 2.99. The van der Waals surface area contributed by atoms with Crippen LogP contribution >= 0.6 is 11.6 Å². The Morgan fingerprint density at radius 2 is 2.06 bits per heavy atom. The third-order valence-electron chi connectivity index (χ3n) is 1.93. The van der Waals surface area contributed by atoms with Crippen molar-refractivity contribution in [3.05, 3.63) is 22.7 Å². The first-order valence-corrected chi connectivity index (χ1v) is 5.05. The Hall–Kier alpha value is -1.26. The Morgan fingerprint density at radius 3 is 2.62 bits per heavy atom. The van der Waals surface area contributed by atoms with Gasteiger partial charge in [0.05, 0.1) is 19.3 Å². The number of carbonyl (C=O) groups is 1. The van der Waals surface area contributed by atoms with Gasteiger partial charge in [-0.2, -0.15) is 0 Å². The number of ether oxygens (including phenoxy) is 3. The molecule has 0 aromatic heterocycles. The van der Waals surface area contributed by atoms with E-state index in [2.05, 4.69) is 0 Å². The van der Waals surface area contributed by atoms with Crippen LogP contribution in [0.5, 0.6) is 11.5 Å². The lowest BCUT2D eigenvalue weighted by molar-refractivity contribution is 0.111. The van der Waals surface area contributed by atoms with Gasteiger partial charge < -0.3 is 14.2 Å². The number of methoxy groups -OCH3 is 2. The van der Waals surface area contributed by atoms with Crippen LogP contribution in [0.4, 0.5) is 0 Å². The summed E-state index contributed by atoms with van der Waals surface area (Å²) < 4.78 is 15.3. The highest BCUT2D eigenvalue weighted by Gasteiger charge is 2.12. The largest absolute Gasteiger partial charge is 0.493 e. The van der Waals surface area contributed by atoms with Crippen molar-refractivity contribution in [2.75, 3.05) is 27.4 Å². The van der Waals surface area contributed by atoms with E-state index in [1.807, 2.05) is 0 Å². The predicted molar refractivity (Wildman–Crippen MR) is 60.8 cm³/mol. The third-order valence-corrected chi connectivity index (χ3v) is 2.15. The molecule has 0 aliphatic rings. The molecule has 1 aromatic carbocycles. The Morgan fingerprint density at radius 1 is 1.31 bits per heavy atom. The smallest absolute Gasteiger partial charge is 0.171 e. The summed E-state index contributed by atoms with van der Waals surface area (Å²) in [5.74, 6) is 0.824.